The summed E-state index contributed by atoms with van der Waals surface area (Å²) in [5.74, 6) is 0.934. The first kappa shape index (κ1) is 19.4. The Bertz CT molecular complexity index is 1100. The fourth-order valence-corrected chi connectivity index (χ4v) is 4.70. The fourth-order valence-electron chi connectivity index (χ4n) is 3.48. The Morgan fingerprint density at radius 1 is 0.897 bits per heavy atom. The number of hydrogen-bond acceptors (Lipinski definition) is 3. The highest BCUT2D eigenvalue weighted by atomic mass is 32.1. The molecule has 29 heavy (non-hydrogen) atoms. The Kier molecular flexibility index (Phi) is 6.06. The third-order valence-corrected chi connectivity index (χ3v) is 6.13. The standard InChI is InChI=1S/C26H24O2S/c1-2-3-10-17-28-21-15-16-22-23(18-21)29-26(24(22)19-11-6-4-7-12-19)25(27)20-13-8-5-9-14-20/h4-9,11-16,18H,2-3,10,17H2,1H3. The molecule has 0 bridgehead atoms. The van der Waals surface area contributed by atoms with Gasteiger partial charge in [0.05, 0.1) is 11.5 Å². The predicted octanol–water partition coefficient (Wildman–Crippen LogP) is 7.37. The lowest BCUT2D eigenvalue weighted by Crippen LogP contribution is -2.00. The van der Waals surface area contributed by atoms with E-state index in [9.17, 15) is 4.79 Å². The van der Waals surface area contributed by atoms with E-state index in [1.54, 1.807) is 11.3 Å². The highest BCUT2D eigenvalue weighted by molar-refractivity contribution is 7.21. The molecular formula is C26H24O2S. The normalized spacial score (nSPS) is 10.9. The molecule has 0 spiro atoms. The minimum Gasteiger partial charge on any atom is -0.494 e. The van der Waals surface area contributed by atoms with Crippen molar-refractivity contribution in [3.8, 4) is 16.9 Å². The number of carbonyl (C=O) groups is 1. The van der Waals surface area contributed by atoms with Crippen molar-refractivity contribution in [3.63, 3.8) is 0 Å². The van der Waals surface area contributed by atoms with Crippen LogP contribution >= 0.6 is 11.3 Å². The molecule has 4 aromatic rings. The van der Waals surface area contributed by atoms with Gasteiger partial charge in [0.15, 0.2) is 0 Å². The Labute approximate surface area is 175 Å². The molecule has 4 rings (SSSR count). The molecule has 0 radical (unpaired) electrons. The van der Waals surface area contributed by atoms with Crippen molar-refractivity contribution in [1.29, 1.82) is 0 Å². The summed E-state index contributed by atoms with van der Waals surface area (Å²) in [4.78, 5) is 14.1. The van der Waals surface area contributed by atoms with E-state index in [-0.39, 0.29) is 5.78 Å². The van der Waals surface area contributed by atoms with E-state index < -0.39 is 0 Å². The first-order valence-electron chi connectivity index (χ1n) is 10.1. The molecule has 146 valence electrons. The van der Waals surface area contributed by atoms with Crippen LogP contribution in [0.5, 0.6) is 5.75 Å². The van der Waals surface area contributed by atoms with Crippen molar-refractivity contribution < 1.29 is 9.53 Å². The van der Waals surface area contributed by atoms with Crippen LogP contribution in [0.2, 0.25) is 0 Å². The van der Waals surface area contributed by atoms with Crippen LogP contribution in [0.25, 0.3) is 21.2 Å². The molecule has 2 nitrogen and oxygen atoms in total. The molecule has 0 aliphatic rings. The third kappa shape index (κ3) is 4.25. The maximum Gasteiger partial charge on any atom is 0.203 e. The van der Waals surface area contributed by atoms with Gasteiger partial charge in [-0.1, -0.05) is 80.4 Å². The van der Waals surface area contributed by atoms with Crippen molar-refractivity contribution in [2.75, 3.05) is 6.61 Å². The van der Waals surface area contributed by atoms with Crippen LogP contribution < -0.4 is 4.74 Å². The van der Waals surface area contributed by atoms with Crippen molar-refractivity contribution in [2.45, 2.75) is 26.2 Å². The molecule has 0 fully saturated rings. The first-order chi connectivity index (χ1) is 14.3. The second-order valence-electron chi connectivity index (χ2n) is 7.08. The number of fused-ring (bicyclic) bond motifs is 1. The molecule has 1 aromatic heterocycles. The van der Waals surface area contributed by atoms with Crippen LogP contribution in [0.3, 0.4) is 0 Å². The van der Waals surface area contributed by atoms with E-state index >= 15 is 0 Å². The van der Waals surface area contributed by atoms with E-state index in [4.69, 9.17) is 4.74 Å². The lowest BCUT2D eigenvalue weighted by molar-refractivity contribution is 0.104. The number of ether oxygens (including phenoxy) is 1. The van der Waals surface area contributed by atoms with Gasteiger partial charge in [-0.05, 0) is 30.2 Å². The average Bonchev–Trinajstić information content (AvgIpc) is 3.16. The predicted molar refractivity (Wildman–Crippen MR) is 122 cm³/mol. The minimum atomic E-state index is 0.0658. The monoisotopic (exact) mass is 400 g/mol. The molecular weight excluding hydrogens is 376 g/mol. The highest BCUT2D eigenvalue weighted by Crippen LogP contribution is 2.41. The average molecular weight is 401 g/mol. The van der Waals surface area contributed by atoms with Gasteiger partial charge in [0.25, 0.3) is 0 Å². The lowest BCUT2D eigenvalue weighted by Gasteiger charge is -2.07. The summed E-state index contributed by atoms with van der Waals surface area (Å²) in [6, 6.07) is 25.8. The SMILES string of the molecule is CCCCCOc1ccc2c(-c3ccccc3)c(C(=O)c3ccccc3)sc2c1. The topological polar surface area (TPSA) is 26.3 Å². The summed E-state index contributed by atoms with van der Waals surface area (Å²) in [5.41, 5.74) is 2.79. The summed E-state index contributed by atoms with van der Waals surface area (Å²) < 4.78 is 7.02. The van der Waals surface area contributed by atoms with Gasteiger partial charge in [-0.2, -0.15) is 0 Å². The van der Waals surface area contributed by atoms with Gasteiger partial charge in [0.2, 0.25) is 5.78 Å². The van der Waals surface area contributed by atoms with Crippen LogP contribution in [-0.4, -0.2) is 12.4 Å². The van der Waals surface area contributed by atoms with Gasteiger partial charge < -0.3 is 4.74 Å². The Hall–Kier alpha value is -2.91. The highest BCUT2D eigenvalue weighted by Gasteiger charge is 2.21. The van der Waals surface area contributed by atoms with Crippen LogP contribution in [-0.2, 0) is 0 Å². The molecule has 0 unspecified atom stereocenters. The smallest absolute Gasteiger partial charge is 0.203 e. The van der Waals surface area contributed by atoms with Crippen LogP contribution in [0.4, 0.5) is 0 Å². The molecule has 0 aliphatic heterocycles. The van der Waals surface area contributed by atoms with E-state index in [1.165, 1.54) is 12.8 Å². The van der Waals surface area contributed by atoms with Crippen molar-refractivity contribution in [1.82, 2.24) is 0 Å². The first-order valence-corrected chi connectivity index (χ1v) is 10.9. The number of rotatable bonds is 8. The molecule has 1 heterocycles. The summed E-state index contributed by atoms with van der Waals surface area (Å²) in [7, 11) is 0. The minimum absolute atomic E-state index is 0.0658. The number of benzene rings is 3. The second-order valence-corrected chi connectivity index (χ2v) is 8.13. The van der Waals surface area contributed by atoms with Gasteiger partial charge in [0.1, 0.15) is 5.75 Å². The Morgan fingerprint density at radius 2 is 1.62 bits per heavy atom. The summed E-state index contributed by atoms with van der Waals surface area (Å²) in [5, 5.41) is 1.10. The van der Waals surface area contributed by atoms with E-state index in [0.29, 0.717) is 5.56 Å². The fraction of sp³-hybridized carbons (Fsp3) is 0.192. The molecule has 0 aliphatic carbocycles. The van der Waals surface area contributed by atoms with Crippen molar-refractivity contribution in [2.24, 2.45) is 0 Å². The summed E-state index contributed by atoms with van der Waals surface area (Å²) in [6.45, 7) is 2.92. The zero-order valence-electron chi connectivity index (χ0n) is 16.6. The number of hydrogen-bond donors (Lipinski definition) is 0. The Morgan fingerprint density at radius 3 is 2.34 bits per heavy atom. The zero-order chi connectivity index (χ0) is 20.1. The molecule has 0 amide bonds. The maximum atomic E-state index is 13.3. The maximum absolute atomic E-state index is 13.3. The number of unbranched alkanes of at least 4 members (excludes halogenated alkanes) is 2. The second kappa shape index (κ2) is 9.06. The van der Waals surface area contributed by atoms with Gasteiger partial charge in [-0.3, -0.25) is 4.79 Å². The van der Waals surface area contributed by atoms with Crippen LogP contribution in [0.15, 0.2) is 78.9 Å². The van der Waals surface area contributed by atoms with E-state index in [1.807, 2.05) is 54.6 Å². The quantitative estimate of drug-likeness (QED) is 0.228. The largest absolute Gasteiger partial charge is 0.494 e. The van der Waals surface area contributed by atoms with Gasteiger partial charge in [0, 0.05) is 21.2 Å². The lowest BCUT2D eigenvalue weighted by atomic mass is 9.98. The summed E-state index contributed by atoms with van der Waals surface area (Å²) >= 11 is 1.55. The summed E-state index contributed by atoms with van der Waals surface area (Å²) in [6.07, 6.45) is 3.42. The van der Waals surface area contributed by atoms with Gasteiger partial charge in [-0.25, -0.2) is 0 Å². The van der Waals surface area contributed by atoms with Crippen LogP contribution in [0.1, 0.15) is 41.4 Å². The molecule has 0 saturated heterocycles. The Balaban J connectivity index is 1.77. The number of carbonyl (C=O) groups excluding carboxylic acids is 1. The van der Waals surface area contributed by atoms with Gasteiger partial charge >= 0.3 is 0 Å². The molecule has 0 atom stereocenters. The van der Waals surface area contributed by atoms with E-state index in [0.717, 1.165) is 44.9 Å². The number of thiophene rings is 1. The number of ketones is 1. The molecule has 0 N–H and O–H groups in total. The third-order valence-electron chi connectivity index (χ3n) is 4.98. The molecule has 3 heteroatoms. The molecule has 3 aromatic carbocycles. The molecule has 0 saturated carbocycles. The van der Waals surface area contributed by atoms with Crippen LogP contribution in [0, 0.1) is 0 Å². The van der Waals surface area contributed by atoms with Crippen molar-refractivity contribution >= 4 is 27.2 Å². The van der Waals surface area contributed by atoms with Gasteiger partial charge in [-0.15, -0.1) is 11.3 Å². The van der Waals surface area contributed by atoms with Crippen molar-refractivity contribution in [3.05, 3.63) is 89.3 Å². The zero-order valence-corrected chi connectivity index (χ0v) is 17.4. The van der Waals surface area contributed by atoms with E-state index in [2.05, 4.69) is 31.2 Å².